The van der Waals surface area contributed by atoms with Crippen molar-refractivity contribution >= 4 is 25.8 Å². The van der Waals surface area contributed by atoms with Gasteiger partial charge < -0.3 is 5.32 Å². The molecule has 2 unspecified atom stereocenters. The zero-order chi connectivity index (χ0) is 13.5. The standard InChI is InChI=1S/C14H16BrNO2S/c15-12-3-1-11-8-13(4-2-10(11)7-12)16-14-5-6-19(17,18)9-14/h1,3,5-7,13-14,16H,2,4,8-9H2. The molecule has 2 atom stereocenters. The fourth-order valence-corrected chi connectivity index (χ4v) is 4.50. The fourth-order valence-electron chi connectivity index (χ4n) is 2.85. The van der Waals surface area contributed by atoms with Crippen molar-refractivity contribution < 1.29 is 8.42 Å². The van der Waals surface area contributed by atoms with Gasteiger partial charge in [0, 0.05) is 22.0 Å². The van der Waals surface area contributed by atoms with Crippen molar-refractivity contribution in [2.24, 2.45) is 0 Å². The molecule has 1 aliphatic heterocycles. The summed E-state index contributed by atoms with van der Waals surface area (Å²) in [5, 5.41) is 4.78. The van der Waals surface area contributed by atoms with E-state index in [1.54, 1.807) is 6.08 Å². The molecule has 3 rings (SSSR count). The van der Waals surface area contributed by atoms with Crippen molar-refractivity contribution in [2.45, 2.75) is 31.3 Å². The number of hydrogen-bond donors (Lipinski definition) is 1. The first-order valence-electron chi connectivity index (χ1n) is 6.46. The second-order valence-electron chi connectivity index (χ2n) is 5.28. The summed E-state index contributed by atoms with van der Waals surface area (Å²) in [5.41, 5.74) is 2.78. The van der Waals surface area contributed by atoms with Gasteiger partial charge in [0.25, 0.3) is 0 Å². The van der Waals surface area contributed by atoms with Crippen molar-refractivity contribution in [1.82, 2.24) is 5.32 Å². The quantitative estimate of drug-likeness (QED) is 0.896. The molecule has 1 N–H and O–H groups in total. The van der Waals surface area contributed by atoms with Gasteiger partial charge in [-0.25, -0.2) is 8.42 Å². The van der Waals surface area contributed by atoms with Gasteiger partial charge in [-0.3, -0.25) is 0 Å². The lowest BCUT2D eigenvalue weighted by Gasteiger charge is -2.27. The van der Waals surface area contributed by atoms with Gasteiger partial charge in [0.1, 0.15) is 0 Å². The average molecular weight is 342 g/mol. The van der Waals surface area contributed by atoms with E-state index in [2.05, 4.69) is 39.4 Å². The Labute approximate surface area is 122 Å². The molecule has 0 amide bonds. The van der Waals surface area contributed by atoms with Crippen molar-refractivity contribution in [2.75, 3.05) is 5.75 Å². The van der Waals surface area contributed by atoms with E-state index in [9.17, 15) is 8.42 Å². The van der Waals surface area contributed by atoms with Crippen LogP contribution in [0.15, 0.2) is 34.2 Å². The van der Waals surface area contributed by atoms with Crippen LogP contribution in [0.5, 0.6) is 0 Å². The van der Waals surface area contributed by atoms with Gasteiger partial charge in [0.15, 0.2) is 9.84 Å². The molecule has 0 spiro atoms. The third-order valence-electron chi connectivity index (χ3n) is 3.78. The van der Waals surface area contributed by atoms with Crippen LogP contribution in [0.1, 0.15) is 17.5 Å². The van der Waals surface area contributed by atoms with Crippen LogP contribution in [0.25, 0.3) is 0 Å². The van der Waals surface area contributed by atoms with E-state index in [1.807, 2.05) is 0 Å². The van der Waals surface area contributed by atoms with Crippen LogP contribution in [0.3, 0.4) is 0 Å². The Morgan fingerprint density at radius 2 is 2.11 bits per heavy atom. The second kappa shape index (κ2) is 5.04. The molecule has 0 aromatic heterocycles. The van der Waals surface area contributed by atoms with E-state index in [-0.39, 0.29) is 11.8 Å². The number of hydrogen-bond acceptors (Lipinski definition) is 3. The van der Waals surface area contributed by atoms with Crippen LogP contribution < -0.4 is 5.32 Å². The van der Waals surface area contributed by atoms with Gasteiger partial charge in [-0.15, -0.1) is 0 Å². The molecule has 1 aliphatic carbocycles. The third-order valence-corrected chi connectivity index (χ3v) is 5.67. The number of aryl methyl sites for hydroxylation is 1. The lowest BCUT2D eigenvalue weighted by Crippen LogP contribution is -2.42. The maximum absolute atomic E-state index is 11.4. The Morgan fingerprint density at radius 1 is 1.26 bits per heavy atom. The molecule has 1 aromatic rings. The van der Waals surface area contributed by atoms with Gasteiger partial charge in [-0.1, -0.05) is 28.1 Å². The van der Waals surface area contributed by atoms with Crippen LogP contribution >= 0.6 is 15.9 Å². The first-order valence-corrected chi connectivity index (χ1v) is 8.97. The predicted octanol–water partition coefficient (Wildman–Crippen LogP) is 2.21. The van der Waals surface area contributed by atoms with Crippen LogP contribution in [0.4, 0.5) is 0 Å². The molecule has 2 aliphatic rings. The molecule has 0 saturated heterocycles. The minimum Gasteiger partial charge on any atom is -0.306 e. The van der Waals surface area contributed by atoms with Crippen molar-refractivity contribution in [1.29, 1.82) is 0 Å². The topological polar surface area (TPSA) is 46.2 Å². The van der Waals surface area contributed by atoms with Gasteiger partial charge >= 0.3 is 0 Å². The molecule has 5 heteroatoms. The van der Waals surface area contributed by atoms with E-state index in [4.69, 9.17) is 0 Å². The largest absolute Gasteiger partial charge is 0.306 e. The Kier molecular flexibility index (Phi) is 3.53. The van der Waals surface area contributed by atoms with Crippen LogP contribution in [-0.2, 0) is 22.7 Å². The minimum atomic E-state index is -2.96. The summed E-state index contributed by atoms with van der Waals surface area (Å²) in [7, 11) is -2.96. The third kappa shape index (κ3) is 3.09. The number of benzene rings is 1. The maximum atomic E-state index is 11.4. The molecule has 1 heterocycles. The highest BCUT2D eigenvalue weighted by Gasteiger charge is 2.26. The van der Waals surface area contributed by atoms with Gasteiger partial charge in [0.05, 0.1) is 5.75 Å². The van der Waals surface area contributed by atoms with Crippen molar-refractivity contribution in [3.8, 4) is 0 Å². The summed E-state index contributed by atoms with van der Waals surface area (Å²) >= 11 is 3.50. The molecule has 0 fully saturated rings. The second-order valence-corrected chi connectivity index (χ2v) is 8.13. The Balaban J connectivity index is 1.67. The normalized spacial score (nSPS) is 28.3. The summed E-state index contributed by atoms with van der Waals surface area (Å²) in [6.45, 7) is 0. The lowest BCUT2D eigenvalue weighted by molar-refractivity contribution is 0.440. The van der Waals surface area contributed by atoms with Gasteiger partial charge in [-0.05, 0) is 42.5 Å². The monoisotopic (exact) mass is 341 g/mol. The van der Waals surface area contributed by atoms with E-state index in [0.717, 1.165) is 23.7 Å². The summed E-state index contributed by atoms with van der Waals surface area (Å²) < 4.78 is 23.9. The SMILES string of the molecule is O=S1(=O)C=CC(NC2CCc3cc(Br)ccc3C2)C1. The number of sulfone groups is 1. The van der Waals surface area contributed by atoms with Crippen LogP contribution in [-0.4, -0.2) is 26.3 Å². The van der Waals surface area contributed by atoms with Crippen molar-refractivity contribution in [3.05, 3.63) is 45.3 Å². The highest BCUT2D eigenvalue weighted by Crippen LogP contribution is 2.25. The molecule has 0 bridgehead atoms. The van der Waals surface area contributed by atoms with Gasteiger partial charge in [-0.2, -0.15) is 0 Å². The molecular formula is C14H16BrNO2S. The number of nitrogens with one attached hydrogen (secondary N) is 1. The molecule has 3 nitrogen and oxygen atoms in total. The average Bonchev–Trinajstić information content (AvgIpc) is 2.69. The summed E-state index contributed by atoms with van der Waals surface area (Å²) in [4.78, 5) is 0. The van der Waals surface area contributed by atoms with E-state index in [0.29, 0.717) is 6.04 Å². The molecule has 19 heavy (non-hydrogen) atoms. The lowest BCUT2D eigenvalue weighted by atomic mass is 9.88. The predicted molar refractivity (Wildman–Crippen MR) is 79.8 cm³/mol. The highest BCUT2D eigenvalue weighted by molar-refractivity contribution is 9.10. The van der Waals surface area contributed by atoms with E-state index in [1.165, 1.54) is 16.5 Å². The fraction of sp³-hybridized carbons (Fsp3) is 0.429. The maximum Gasteiger partial charge on any atom is 0.173 e. The number of fused-ring (bicyclic) bond motifs is 1. The first-order chi connectivity index (χ1) is 9.02. The Morgan fingerprint density at radius 3 is 2.84 bits per heavy atom. The number of rotatable bonds is 2. The van der Waals surface area contributed by atoms with Crippen LogP contribution in [0, 0.1) is 0 Å². The van der Waals surface area contributed by atoms with Gasteiger partial charge in [0.2, 0.25) is 0 Å². The minimum absolute atomic E-state index is 0.0213. The smallest absolute Gasteiger partial charge is 0.173 e. The Hall–Kier alpha value is -0.650. The van der Waals surface area contributed by atoms with Crippen molar-refractivity contribution in [3.63, 3.8) is 0 Å². The number of halogens is 1. The van der Waals surface area contributed by atoms with E-state index >= 15 is 0 Å². The highest BCUT2D eigenvalue weighted by atomic mass is 79.9. The molecule has 1 aromatic carbocycles. The Bertz CT molecular complexity index is 624. The molecule has 102 valence electrons. The summed E-state index contributed by atoms with van der Waals surface area (Å²) in [6, 6.07) is 6.77. The van der Waals surface area contributed by atoms with Crippen LogP contribution in [0.2, 0.25) is 0 Å². The molecule has 0 radical (unpaired) electrons. The van der Waals surface area contributed by atoms with E-state index < -0.39 is 9.84 Å². The first kappa shape index (κ1) is 13.3. The summed E-state index contributed by atoms with van der Waals surface area (Å²) in [5.74, 6) is 0.205. The zero-order valence-corrected chi connectivity index (χ0v) is 12.9. The zero-order valence-electron chi connectivity index (χ0n) is 10.5. The summed E-state index contributed by atoms with van der Waals surface area (Å²) in [6.07, 6.45) is 4.86. The molecule has 0 saturated carbocycles. The molecular weight excluding hydrogens is 326 g/mol.